The van der Waals surface area contributed by atoms with Gasteiger partial charge >= 0.3 is 6.18 Å². The molecular formula is C16H11ClF3N2O4P. The second-order valence-corrected chi connectivity index (χ2v) is 9.35. The zero-order valence-electron chi connectivity index (χ0n) is 13.7. The third kappa shape index (κ3) is 4.59. The van der Waals surface area contributed by atoms with E-state index in [4.69, 9.17) is 21.2 Å². The van der Waals surface area contributed by atoms with Gasteiger partial charge in [0, 0.05) is 12.2 Å². The number of alkyl halides is 3. The van der Waals surface area contributed by atoms with Crippen LogP contribution in [0.1, 0.15) is 18.1 Å². The van der Waals surface area contributed by atoms with Crippen LogP contribution in [0.15, 0.2) is 36.4 Å². The lowest BCUT2D eigenvalue weighted by Gasteiger charge is -2.13. The number of nitro benzene ring substituents is 1. The van der Waals surface area contributed by atoms with E-state index >= 15 is 0 Å². The Morgan fingerprint density at radius 1 is 1.30 bits per heavy atom. The van der Waals surface area contributed by atoms with Gasteiger partial charge in [-0.3, -0.25) is 10.1 Å². The van der Waals surface area contributed by atoms with Crippen molar-refractivity contribution in [3.63, 3.8) is 0 Å². The van der Waals surface area contributed by atoms with E-state index < -0.39 is 28.8 Å². The van der Waals surface area contributed by atoms with E-state index in [1.807, 2.05) is 0 Å². The quantitative estimate of drug-likeness (QED) is 0.366. The van der Waals surface area contributed by atoms with Crippen molar-refractivity contribution in [2.75, 3.05) is 6.16 Å². The Labute approximate surface area is 156 Å². The molecule has 6 nitrogen and oxygen atoms in total. The molecule has 2 rings (SSSR count). The summed E-state index contributed by atoms with van der Waals surface area (Å²) < 4.78 is 56.1. The van der Waals surface area contributed by atoms with Crippen LogP contribution in [0, 0.1) is 21.4 Å². The number of nitriles is 1. The third-order valence-electron chi connectivity index (χ3n) is 3.57. The monoisotopic (exact) mass is 418 g/mol. The van der Waals surface area contributed by atoms with Crippen molar-refractivity contribution < 1.29 is 27.4 Å². The van der Waals surface area contributed by atoms with E-state index in [1.54, 1.807) is 6.07 Å². The molecule has 0 radical (unpaired) electrons. The van der Waals surface area contributed by atoms with Gasteiger partial charge in [-0.05, 0) is 41.6 Å². The highest BCUT2D eigenvalue weighted by molar-refractivity contribution is 7.95. The van der Waals surface area contributed by atoms with E-state index in [0.717, 1.165) is 24.3 Å². The van der Waals surface area contributed by atoms with E-state index in [2.05, 4.69) is 0 Å². The maximum absolute atomic E-state index is 12.7. The second kappa shape index (κ2) is 7.59. The average molecular weight is 419 g/mol. The molecule has 0 fully saturated rings. The van der Waals surface area contributed by atoms with Crippen LogP contribution in [0.5, 0.6) is 11.5 Å². The van der Waals surface area contributed by atoms with Crippen LogP contribution in [-0.4, -0.2) is 11.1 Å². The maximum Gasteiger partial charge on any atom is 0.416 e. The van der Waals surface area contributed by atoms with Crippen molar-refractivity contribution >= 4 is 28.7 Å². The summed E-state index contributed by atoms with van der Waals surface area (Å²) in [5.74, 6) is -0.243. The number of halogens is 4. The minimum absolute atomic E-state index is 0.0530. The molecule has 0 saturated carbocycles. The molecule has 0 heterocycles. The molecule has 0 aliphatic heterocycles. The summed E-state index contributed by atoms with van der Waals surface area (Å²) in [4.78, 5) is 10.4. The van der Waals surface area contributed by atoms with Crippen LogP contribution >= 0.6 is 17.7 Å². The summed E-state index contributed by atoms with van der Waals surface area (Å²) in [5, 5.41) is 20.0. The Balaban J connectivity index is 2.50. The number of rotatable bonds is 5. The average Bonchev–Trinajstić information content (AvgIpc) is 2.60. The minimum Gasteiger partial charge on any atom is -0.456 e. The highest BCUT2D eigenvalue weighted by atomic mass is 35.7. The zero-order chi connectivity index (χ0) is 20.4. The molecule has 11 heteroatoms. The molecule has 1 atom stereocenters. The number of benzene rings is 2. The van der Waals surface area contributed by atoms with Gasteiger partial charge in [0.05, 0.1) is 16.1 Å². The predicted octanol–water partition coefficient (Wildman–Crippen LogP) is 5.44. The first-order valence-corrected chi connectivity index (χ1v) is 10.2. The van der Waals surface area contributed by atoms with Crippen LogP contribution in [-0.2, 0) is 10.7 Å². The number of nitro groups is 1. The molecule has 142 valence electrons. The minimum atomic E-state index is -4.63. The SMILES string of the molecule is CCP(=O)(Cl)c1cc(Oc2ccc(C(F)(F)F)cc2C#N)ccc1[N+](=O)[O-]. The first-order chi connectivity index (χ1) is 12.5. The van der Waals surface area contributed by atoms with Gasteiger partial charge in [-0.25, -0.2) is 0 Å². The van der Waals surface area contributed by atoms with Gasteiger partial charge in [0.25, 0.3) is 5.69 Å². The highest BCUT2D eigenvalue weighted by Crippen LogP contribution is 2.52. The van der Waals surface area contributed by atoms with E-state index in [1.165, 1.54) is 13.0 Å². The first-order valence-electron chi connectivity index (χ1n) is 7.36. The summed E-state index contributed by atoms with van der Waals surface area (Å²) in [6.45, 7) is -2.07. The smallest absolute Gasteiger partial charge is 0.416 e. The Morgan fingerprint density at radius 3 is 2.48 bits per heavy atom. The highest BCUT2D eigenvalue weighted by Gasteiger charge is 2.32. The van der Waals surface area contributed by atoms with Crippen LogP contribution in [0.3, 0.4) is 0 Å². The first kappa shape index (κ1) is 20.7. The van der Waals surface area contributed by atoms with Crippen molar-refractivity contribution in [3.8, 4) is 17.6 Å². The topological polar surface area (TPSA) is 93.2 Å². The molecule has 0 bridgehead atoms. The summed E-state index contributed by atoms with van der Waals surface area (Å²) in [5.41, 5.74) is -1.86. The lowest BCUT2D eigenvalue weighted by atomic mass is 10.1. The van der Waals surface area contributed by atoms with Crippen LogP contribution < -0.4 is 10.0 Å². The molecule has 0 aromatic heterocycles. The fourth-order valence-electron chi connectivity index (χ4n) is 2.17. The van der Waals surface area contributed by atoms with Gasteiger partial charge in [-0.15, -0.1) is 0 Å². The van der Waals surface area contributed by atoms with Crippen LogP contribution in [0.4, 0.5) is 18.9 Å². The number of hydrogen-bond donors (Lipinski definition) is 0. The van der Waals surface area contributed by atoms with Gasteiger partial charge in [-0.2, -0.15) is 18.4 Å². The molecule has 0 aliphatic rings. The van der Waals surface area contributed by atoms with Crippen molar-refractivity contribution in [3.05, 3.63) is 57.6 Å². The molecule has 2 aromatic rings. The maximum atomic E-state index is 12.7. The lowest BCUT2D eigenvalue weighted by Crippen LogP contribution is -2.10. The van der Waals surface area contributed by atoms with Crippen molar-refractivity contribution in [2.24, 2.45) is 0 Å². The second-order valence-electron chi connectivity index (χ2n) is 5.30. The van der Waals surface area contributed by atoms with Crippen LogP contribution in [0.25, 0.3) is 0 Å². The van der Waals surface area contributed by atoms with Gasteiger partial charge in [0.1, 0.15) is 22.9 Å². The Bertz CT molecular complexity index is 989. The van der Waals surface area contributed by atoms with Crippen molar-refractivity contribution in [1.82, 2.24) is 0 Å². The van der Waals surface area contributed by atoms with E-state index in [-0.39, 0.29) is 28.5 Å². The van der Waals surface area contributed by atoms with Gasteiger partial charge in [0.15, 0.2) is 0 Å². The lowest BCUT2D eigenvalue weighted by molar-refractivity contribution is -0.383. The zero-order valence-corrected chi connectivity index (χ0v) is 15.3. The van der Waals surface area contributed by atoms with Crippen molar-refractivity contribution in [1.29, 1.82) is 5.26 Å². The van der Waals surface area contributed by atoms with Gasteiger partial charge < -0.3 is 9.30 Å². The van der Waals surface area contributed by atoms with Crippen molar-refractivity contribution in [2.45, 2.75) is 13.1 Å². The Kier molecular flexibility index (Phi) is 5.83. The summed E-state index contributed by atoms with van der Waals surface area (Å²) in [7, 11) is 0. The predicted molar refractivity (Wildman–Crippen MR) is 93.0 cm³/mol. The fraction of sp³-hybridized carbons (Fsp3) is 0.188. The molecule has 0 saturated heterocycles. The molecule has 2 aromatic carbocycles. The van der Waals surface area contributed by atoms with E-state index in [9.17, 15) is 27.9 Å². The number of hydrogen-bond acceptors (Lipinski definition) is 5. The Morgan fingerprint density at radius 2 is 1.96 bits per heavy atom. The molecule has 0 amide bonds. The summed E-state index contributed by atoms with van der Waals surface area (Å²) in [6.07, 6.45) is -4.68. The molecule has 0 spiro atoms. The third-order valence-corrected chi connectivity index (χ3v) is 6.72. The van der Waals surface area contributed by atoms with Gasteiger partial charge in [-0.1, -0.05) is 6.92 Å². The number of nitrogens with zero attached hydrogens (tertiary/aromatic N) is 2. The molecule has 0 aliphatic carbocycles. The molecular weight excluding hydrogens is 408 g/mol. The van der Waals surface area contributed by atoms with Crippen LogP contribution in [0.2, 0.25) is 0 Å². The summed E-state index contributed by atoms with van der Waals surface area (Å²) in [6, 6.07) is 7.22. The molecule has 1 unspecified atom stereocenters. The fourth-order valence-corrected chi connectivity index (χ4v) is 3.73. The van der Waals surface area contributed by atoms with E-state index in [0.29, 0.717) is 6.07 Å². The number of ether oxygens (including phenoxy) is 1. The Hall–Kier alpha value is -2.56. The molecule has 0 N–H and O–H groups in total. The molecule has 27 heavy (non-hydrogen) atoms. The van der Waals surface area contributed by atoms with Gasteiger partial charge in [0.2, 0.25) is 6.49 Å². The standard InChI is InChI=1S/C16H11ClF3N2O4P/c1-2-27(17,25)15-8-12(4-5-13(15)22(23)24)26-14-6-3-11(16(18,19)20)7-10(14)9-21/h3-8H,2H2,1H3. The summed E-state index contributed by atoms with van der Waals surface area (Å²) >= 11 is 5.92. The largest absolute Gasteiger partial charge is 0.456 e. The normalized spacial score (nSPS) is 13.5.